The van der Waals surface area contributed by atoms with Crippen LogP contribution in [0.5, 0.6) is 0 Å². The van der Waals surface area contributed by atoms with E-state index in [-0.39, 0.29) is 42.4 Å². The van der Waals surface area contributed by atoms with Gasteiger partial charge in [-0.25, -0.2) is 9.97 Å². The highest BCUT2D eigenvalue weighted by atomic mass is 35.5. The SMILES string of the molecule is O[C@@]1(c2ncc(Cl)nc2Cl)O[C@H](COCc2ccccc2)[C@@H](OCc2ccccc2)[C@H](OCc2ccccc2)[C@H]1OCc1ccccc1. The maximum Gasteiger partial charge on any atom is 0.243 e. The highest BCUT2D eigenvalue weighted by Crippen LogP contribution is 2.42. The van der Waals surface area contributed by atoms with E-state index in [4.69, 9.17) is 46.9 Å². The Morgan fingerprint density at radius 1 is 0.625 bits per heavy atom. The second-order valence-electron chi connectivity index (χ2n) is 11.4. The number of benzene rings is 4. The van der Waals surface area contributed by atoms with Gasteiger partial charge in [0.15, 0.2) is 5.15 Å². The molecule has 0 spiro atoms. The van der Waals surface area contributed by atoms with Crippen LogP contribution in [-0.2, 0) is 55.9 Å². The average Bonchev–Trinajstić information content (AvgIpc) is 3.11. The Labute approximate surface area is 290 Å². The van der Waals surface area contributed by atoms with Gasteiger partial charge in [0.1, 0.15) is 35.3 Å². The van der Waals surface area contributed by atoms with Gasteiger partial charge in [0.25, 0.3) is 0 Å². The Balaban J connectivity index is 1.39. The minimum absolute atomic E-state index is 0.0475. The first-order valence-electron chi connectivity index (χ1n) is 15.7. The molecule has 10 heteroatoms. The van der Waals surface area contributed by atoms with Crippen molar-refractivity contribution in [2.24, 2.45) is 0 Å². The smallest absolute Gasteiger partial charge is 0.243 e. The van der Waals surface area contributed by atoms with E-state index in [1.54, 1.807) is 0 Å². The molecule has 1 aliphatic rings. The van der Waals surface area contributed by atoms with Crippen molar-refractivity contribution < 1.29 is 28.8 Å². The number of nitrogens with zero attached hydrogens (tertiary/aromatic N) is 2. The van der Waals surface area contributed by atoms with Gasteiger partial charge in [-0.05, 0) is 22.3 Å². The Morgan fingerprint density at radius 3 is 1.58 bits per heavy atom. The van der Waals surface area contributed by atoms with Crippen molar-refractivity contribution in [2.45, 2.75) is 56.6 Å². The molecule has 2 heterocycles. The van der Waals surface area contributed by atoms with Gasteiger partial charge in [0.2, 0.25) is 5.79 Å². The number of ether oxygens (including phenoxy) is 5. The van der Waals surface area contributed by atoms with Crippen LogP contribution in [0.15, 0.2) is 128 Å². The molecule has 0 radical (unpaired) electrons. The molecule has 0 saturated carbocycles. The van der Waals surface area contributed by atoms with Crippen LogP contribution in [0.25, 0.3) is 0 Å². The first kappa shape index (κ1) is 34.2. The second-order valence-corrected chi connectivity index (χ2v) is 12.2. The molecule has 1 fully saturated rings. The first-order valence-corrected chi connectivity index (χ1v) is 16.4. The van der Waals surface area contributed by atoms with Gasteiger partial charge >= 0.3 is 0 Å². The van der Waals surface area contributed by atoms with Crippen molar-refractivity contribution in [1.29, 1.82) is 0 Å². The van der Waals surface area contributed by atoms with E-state index in [1.165, 1.54) is 6.20 Å². The van der Waals surface area contributed by atoms with Crippen molar-refractivity contribution in [3.8, 4) is 0 Å². The van der Waals surface area contributed by atoms with Crippen LogP contribution < -0.4 is 0 Å². The van der Waals surface area contributed by atoms with Crippen molar-refractivity contribution in [2.75, 3.05) is 6.61 Å². The summed E-state index contributed by atoms with van der Waals surface area (Å²) in [6.45, 7) is 0.944. The molecule has 248 valence electrons. The Bertz CT molecular complexity index is 1700. The molecular formula is C38H36Cl2N2O6. The van der Waals surface area contributed by atoms with Crippen LogP contribution in [0.4, 0.5) is 0 Å². The van der Waals surface area contributed by atoms with E-state index in [0.29, 0.717) is 6.61 Å². The molecule has 4 aromatic carbocycles. The molecule has 0 unspecified atom stereocenters. The molecule has 8 nitrogen and oxygen atoms in total. The molecule has 5 atom stereocenters. The van der Waals surface area contributed by atoms with Gasteiger partial charge in [0, 0.05) is 0 Å². The molecule has 1 saturated heterocycles. The maximum atomic E-state index is 12.6. The molecular weight excluding hydrogens is 651 g/mol. The molecule has 1 aromatic heterocycles. The zero-order chi connectivity index (χ0) is 33.2. The van der Waals surface area contributed by atoms with Crippen molar-refractivity contribution in [1.82, 2.24) is 9.97 Å². The third-order valence-electron chi connectivity index (χ3n) is 7.98. The third-order valence-corrected chi connectivity index (χ3v) is 8.43. The van der Waals surface area contributed by atoms with Gasteiger partial charge in [-0.3, -0.25) is 0 Å². The van der Waals surface area contributed by atoms with Crippen LogP contribution in [0.2, 0.25) is 10.3 Å². The fraction of sp³-hybridized carbons (Fsp3) is 0.263. The fourth-order valence-corrected chi connectivity index (χ4v) is 6.08. The van der Waals surface area contributed by atoms with Gasteiger partial charge in [-0.1, -0.05) is 145 Å². The molecule has 0 aliphatic carbocycles. The number of hydrogen-bond acceptors (Lipinski definition) is 8. The van der Waals surface area contributed by atoms with Crippen LogP contribution in [0, 0.1) is 0 Å². The van der Waals surface area contributed by atoms with E-state index in [1.807, 2.05) is 121 Å². The Morgan fingerprint density at radius 2 is 1.08 bits per heavy atom. The highest BCUT2D eigenvalue weighted by Gasteiger charge is 2.59. The summed E-state index contributed by atoms with van der Waals surface area (Å²) in [5, 5.41) is 12.6. The number of rotatable bonds is 14. The molecule has 0 bridgehead atoms. The van der Waals surface area contributed by atoms with Crippen LogP contribution >= 0.6 is 23.2 Å². The van der Waals surface area contributed by atoms with Gasteiger partial charge in [-0.15, -0.1) is 0 Å². The van der Waals surface area contributed by atoms with Crippen molar-refractivity contribution in [3.05, 3.63) is 166 Å². The van der Waals surface area contributed by atoms with Crippen LogP contribution in [-0.4, -0.2) is 46.1 Å². The second kappa shape index (κ2) is 16.6. The zero-order valence-corrected chi connectivity index (χ0v) is 27.6. The van der Waals surface area contributed by atoms with Crippen LogP contribution in [0.3, 0.4) is 0 Å². The van der Waals surface area contributed by atoms with E-state index >= 15 is 0 Å². The summed E-state index contributed by atoms with van der Waals surface area (Å²) >= 11 is 12.7. The summed E-state index contributed by atoms with van der Waals surface area (Å²) in [7, 11) is 0. The van der Waals surface area contributed by atoms with Gasteiger partial charge in [0.05, 0.1) is 39.2 Å². The van der Waals surface area contributed by atoms with E-state index < -0.39 is 30.2 Å². The Kier molecular flexibility index (Phi) is 11.8. The lowest BCUT2D eigenvalue weighted by atomic mass is 9.89. The van der Waals surface area contributed by atoms with E-state index in [0.717, 1.165) is 22.3 Å². The number of hydrogen-bond donors (Lipinski definition) is 1. The summed E-state index contributed by atoms with van der Waals surface area (Å²) in [6.07, 6.45) is -2.38. The molecule has 48 heavy (non-hydrogen) atoms. The minimum atomic E-state index is -2.24. The highest BCUT2D eigenvalue weighted by molar-refractivity contribution is 6.32. The van der Waals surface area contributed by atoms with E-state index in [2.05, 4.69) is 9.97 Å². The summed E-state index contributed by atoms with van der Waals surface area (Å²) < 4.78 is 32.6. The molecule has 6 rings (SSSR count). The predicted octanol–water partition coefficient (Wildman–Crippen LogP) is 7.30. The summed E-state index contributed by atoms with van der Waals surface area (Å²) in [4.78, 5) is 8.55. The largest absolute Gasteiger partial charge is 0.374 e. The summed E-state index contributed by atoms with van der Waals surface area (Å²) in [5.41, 5.74) is 3.69. The first-order chi connectivity index (χ1) is 23.5. The van der Waals surface area contributed by atoms with Gasteiger partial charge < -0.3 is 28.8 Å². The van der Waals surface area contributed by atoms with Gasteiger partial charge in [-0.2, -0.15) is 0 Å². The minimum Gasteiger partial charge on any atom is -0.374 e. The topological polar surface area (TPSA) is 92.2 Å². The predicted molar refractivity (Wildman–Crippen MR) is 182 cm³/mol. The average molecular weight is 688 g/mol. The zero-order valence-electron chi connectivity index (χ0n) is 26.1. The lowest BCUT2D eigenvalue weighted by molar-refractivity contribution is -0.380. The molecule has 5 aromatic rings. The standard InChI is InChI=1S/C38H36Cl2N2O6/c39-32-21-41-35(37(40)42-32)38(43)36(47-25-30-19-11-4-12-20-30)34(46-24-29-17-9-3-10-18-29)33(45-23-28-15-7-2-8-16-28)31(48-38)26-44-22-27-13-5-1-6-14-27/h1-21,31,33-34,36,43H,22-26H2/t31-,33-,34+,36-,38+/m1/s1. The Hall–Kier alpha value is -3.70. The fourth-order valence-electron chi connectivity index (χ4n) is 5.63. The quantitative estimate of drug-likeness (QED) is 0.130. The maximum absolute atomic E-state index is 12.6. The molecule has 0 amide bonds. The van der Waals surface area contributed by atoms with E-state index in [9.17, 15) is 5.11 Å². The monoisotopic (exact) mass is 686 g/mol. The number of aliphatic hydroxyl groups is 1. The normalized spacial score (nSPS) is 22.4. The number of aromatic nitrogens is 2. The van der Waals surface area contributed by atoms with Crippen molar-refractivity contribution in [3.63, 3.8) is 0 Å². The van der Waals surface area contributed by atoms with Crippen molar-refractivity contribution >= 4 is 23.2 Å². The lowest BCUT2D eigenvalue weighted by Gasteiger charge is -2.50. The molecule has 1 N–H and O–H groups in total. The lowest BCUT2D eigenvalue weighted by Crippen LogP contribution is -2.66. The summed E-state index contributed by atoms with van der Waals surface area (Å²) in [5.74, 6) is -2.24. The summed E-state index contributed by atoms with van der Waals surface area (Å²) in [6, 6.07) is 39.0. The molecule has 1 aliphatic heterocycles. The number of halogens is 2. The third kappa shape index (κ3) is 8.66. The van der Waals surface area contributed by atoms with Crippen LogP contribution in [0.1, 0.15) is 27.9 Å².